The number of hydrogen-bond acceptors (Lipinski definition) is 6. The summed E-state index contributed by atoms with van der Waals surface area (Å²) >= 11 is 13.6. The van der Waals surface area contributed by atoms with Crippen molar-refractivity contribution < 1.29 is 19.1 Å². The van der Waals surface area contributed by atoms with E-state index in [-0.39, 0.29) is 30.3 Å². The second kappa shape index (κ2) is 13.4. The van der Waals surface area contributed by atoms with Crippen molar-refractivity contribution >= 4 is 53.0 Å². The average molecular weight is 510 g/mol. The molecule has 33 heavy (non-hydrogen) atoms. The van der Waals surface area contributed by atoms with Gasteiger partial charge in [0.05, 0.1) is 18.1 Å². The Balaban J connectivity index is 1.32. The topological polar surface area (TPSA) is 89.0 Å². The van der Waals surface area contributed by atoms with Crippen LogP contribution in [0.4, 0.5) is 0 Å². The maximum atomic E-state index is 12.0. The van der Waals surface area contributed by atoms with E-state index in [1.165, 1.54) is 18.0 Å². The van der Waals surface area contributed by atoms with Gasteiger partial charge < -0.3 is 14.8 Å². The molecule has 10 heteroatoms. The molecule has 1 saturated heterocycles. The van der Waals surface area contributed by atoms with Crippen LogP contribution in [0.2, 0.25) is 10.0 Å². The van der Waals surface area contributed by atoms with E-state index in [0.717, 1.165) is 30.6 Å². The van der Waals surface area contributed by atoms with Gasteiger partial charge in [0, 0.05) is 28.9 Å². The van der Waals surface area contributed by atoms with E-state index in [9.17, 15) is 9.59 Å². The molecule has 2 aromatic carbocycles. The molecule has 2 N–H and O–H groups in total. The molecule has 2 aromatic rings. The van der Waals surface area contributed by atoms with Crippen LogP contribution < -0.4 is 15.5 Å². The highest BCUT2D eigenvalue weighted by molar-refractivity contribution is 7.99. The Morgan fingerprint density at radius 2 is 1.91 bits per heavy atom. The lowest BCUT2D eigenvalue weighted by Crippen LogP contribution is -2.35. The Bertz CT molecular complexity index is 946. The third-order valence-electron chi connectivity index (χ3n) is 4.75. The SMILES string of the molecule is O=C(COc1ccc(/C=N\NC(=O)CSCc2c(Cl)cccc2Cl)cc1)NC[C@H]1CCCO1. The predicted octanol–water partition coefficient (Wildman–Crippen LogP) is 4.05. The van der Waals surface area contributed by atoms with Crippen molar-refractivity contribution in [3.05, 3.63) is 63.6 Å². The molecule has 7 nitrogen and oxygen atoms in total. The zero-order valence-corrected chi connectivity index (χ0v) is 20.2. The Morgan fingerprint density at radius 3 is 2.61 bits per heavy atom. The number of hydrogen-bond donors (Lipinski definition) is 2. The number of thioether (sulfide) groups is 1. The van der Waals surface area contributed by atoms with Crippen molar-refractivity contribution in [3.8, 4) is 5.75 Å². The Morgan fingerprint density at radius 1 is 1.15 bits per heavy atom. The third kappa shape index (κ3) is 8.89. The first-order valence-electron chi connectivity index (χ1n) is 10.4. The molecule has 0 bridgehead atoms. The first kappa shape index (κ1) is 25.4. The van der Waals surface area contributed by atoms with Gasteiger partial charge in [0.15, 0.2) is 6.61 Å². The molecule has 0 spiro atoms. The van der Waals surface area contributed by atoms with Crippen molar-refractivity contribution in [2.45, 2.75) is 24.7 Å². The normalized spacial score (nSPS) is 15.5. The van der Waals surface area contributed by atoms with Crippen molar-refractivity contribution in [1.82, 2.24) is 10.7 Å². The summed E-state index contributed by atoms with van der Waals surface area (Å²) in [4.78, 5) is 23.8. The molecular formula is C23H25Cl2N3O4S. The number of carbonyl (C=O) groups excluding carboxylic acids is 2. The minimum atomic E-state index is -0.228. The Kier molecular flexibility index (Phi) is 10.3. The highest BCUT2D eigenvalue weighted by Gasteiger charge is 2.16. The fraction of sp³-hybridized carbons (Fsp3) is 0.348. The first-order chi connectivity index (χ1) is 16.0. The highest BCUT2D eigenvalue weighted by atomic mass is 35.5. The summed E-state index contributed by atoms with van der Waals surface area (Å²) in [6.45, 7) is 1.21. The van der Waals surface area contributed by atoms with Gasteiger partial charge in [0.2, 0.25) is 5.91 Å². The lowest BCUT2D eigenvalue weighted by atomic mass is 10.2. The molecule has 0 aliphatic carbocycles. The molecule has 0 radical (unpaired) electrons. The number of hydrazone groups is 1. The number of carbonyl (C=O) groups is 2. The number of ether oxygens (including phenoxy) is 2. The summed E-state index contributed by atoms with van der Waals surface area (Å²) in [5.41, 5.74) is 4.08. The summed E-state index contributed by atoms with van der Waals surface area (Å²) in [7, 11) is 0. The summed E-state index contributed by atoms with van der Waals surface area (Å²) in [5, 5.41) is 7.94. The number of amides is 2. The van der Waals surface area contributed by atoms with E-state index in [2.05, 4.69) is 15.8 Å². The predicted molar refractivity (Wildman–Crippen MR) is 132 cm³/mol. The van der Waals surface area contributed by atoms with E-state index >= 15 is 0 Å². The van der Waals surface area contributed by atoms with Gasteiger partial charge in [0.1, 0.15) is 5.75 Å². The molecule has 0 saturated carbocycles. The Hall–Kier alpha value is -2.26. The van der Waals surface area contributed by atoms with Gasteiger partial charge in [-0.05, 0) is 60.4 Å². The highest BCUT2D eigenvalue weighted by Crippen LogP contribution is 2.28. The number of rotatable bonds is 11. The van der Waals surface area contributed by atoms with Crippen molar-refractivity contribution in [2.75, 3.05) is 25.5 Å². The van der Waals surface area contributed by atoms with Gasteiger partial charge in [-0.25, -0.2) is 5.43 Å². The van der Waals surface area contributed by atoms with E-state index in [1.807, 2.05) is 0 Å². The fourth-order valence-electron chi connectivity index (χ4n) is 3.01. The summed E-state index contributed by atoms with van der Waals surface area (Å²) in [6.07, 6.45) is 3.65. The lowest BCUT2D eigenvalue weighted by molar-refractivity contribution is -0.123. The van der Waals surface area contributed by atoms with Gasteiger partial charge >= 0.3 is 0 Å². The fourth-order valence-corrected chi connectivity index (χ4v) is 4.57. The summed E-state index contributed by atoms with van der Waals surface area (Å²) < 4.78 is 11.0. The zero-order chi connectivity index (χ0) is 23.5. The summed E-state index contributed by atoms with van der Waals surface area (Å²) in [5.74, 6) is 0.907. The van der Waals surface area contributed by atoms with Crippen LogP contribution >= 0.6 is 35.0 Å². The molecular weight excluding hydrogens is 485 g/mol. The Labute approximate surface area is 207 Å². The maximum Gasteiger partial charge on any atom is 0.258 e. The van der Waals surface area contributed by atoms with Crippen LogP contribution in [-0.4, -0.2) is 49.6 Å². The van der Waals surface area contributed by atoms with Crippen LogP contribution in [0, 0.1) is 0 Å². The second-order valence-electron chi connectivity index (χ2n) is 7.28. The third-order valence-corrected chi connectivity index (χ3v) is 6.41. The number of nitrogens with zero attached hydrogens (tertiary/aromatic N) is 1. The largest absolute Gasteiger partial charge is 0.484 e. The van der Waals surface area contributed by atoms with Gasteiger partial charge in [-0.3, -0.25) is 9.59 Å². The minimum absolute atomic E-state index is 0.0622. The summed E-state index contributed by atoms with van der Waals surface area (Å²) in [6, 6.07) is 12.4. The molecule has 176 valence electrons. The smallest absolute Gasteiger partial charge is 0.258 e. The molecule has 3 rings (SSSR count). The van der Waals surface area contributed by atoms with Crippen LogP contribution in [-0.2, 0) is 20.1 Å². The molecule has 1 heterocycles. The molecule has 0 unspecified atom stereocenters. The van der Waals surface area contributed by atoms with Crippen molar-refractivity contribution in [3.63, 3.8) is 0 Å². The molecule has 1 aliphatic heterocycles. The quantitative estimate of drug-likeness (QED) is 0.352. The first-order valence-corrected chi connectivity index (χ1v) is 12.4. The lowest BCUT2D eigenvalue weighted by Gasteiger charge is -2.11. The van der Waals surface area contributed by atoms with Crippen molar-refractivity contribution in [1.29, 1.82) is 0 Å². The van der Waals surface area contributed by atoms with Gasteiger partial charge in [-0.2, -0.15) is 5.10 Å². The number of benzene rings is 2. The molecule has 1 fully saturated rings. The van der Waals surface area contributed by atoms with Gasteiger partial charge in [-0.15, -0.1) is 11.8 Å². The zero-order valence-electron chi connectivity index (χ0n) is 17.9. The minimum Gasteiger partial charge on any atom is -0.484 e. The molecule has 0 aromatic heterocycles. The van der Waals surface area contributed by atoms with E-state index in [1.54, 1.807) is 42.5 Å². The molecule has 1 atom stereocenters. The van der Waals surface area contributed by atoms with Gasteiger partial charge in [-0.1, -0.05) is 29.3 Å². The monoisotopic (exact) mass is 509 g/mol. The van der Waals surface area contributed by atoms with Crippen LogP contribution in [0.15, 0.2) is 47.6 Å². The molecule has 1 aliphatic rings. The average Bonchev–Trinajstić information content (AvgIpc) is 3.33. The van der Waals surface area contributed by atoms with Crippen LogP contribution in [0.3, 0.4) is 0 Å². The number of nitrogens with one attached hydrogen (secondary N) is 2. The van der Waals surface area contributed by atoms with Crippen LogP contribution in [0.25, 0.3) is 0 Å². The van der Waals surface area contributed by atoms with E-state index in [4.69, 9.17) is 32.7 Å². The van der Waals surface area contributed by atoms with Crippen molar-refractivity contribution in [2.24, 2.45) is 5.10 Å². The van der Waals surface area contributed by atoms with Crippen LogP contribution in [0.1, 0.15) is 24.0 Å². The van der Waals surface area contributed by atoms with E-state index in [0.29, 0.717) is 28.1 Å². The maximum absolute atomic E-state index is 12.0. The van der Waals surface area contributed by atoms with Crippen LogP contribution in [0.5, 0.6) is 5.75 Å². The second-order valence-corrected chi connectivity index (χ2v) is 9.08. The van der Waals surface area contributed by atoms with E-state index < -0.39 is 0 Å². The molecule has 2 amide bonds. The number of halogens is 2. The van der Waals surface area contributed by atoms with Gasteiger partial charge in [0.25, 0.3) is 5.91 Å². The standard InChI is InChI=1S/C23H25Cl2N3O4S/c24-20-4-1-5-21(25)19(20)14-33-15-23(30)28-27-11-16-6-8-17(9-7-16)32-13-22(29)26-12-18-3-2-10-31-18/h1,4-9,11,18H,2-3,10,12-15H2,(H,26,29)(H,28,30)/b27-11-/t18-/m1/s1.